The molecule has 124 valence electrons. The lowest BCUT2D eigenvalue weighted by Gasteiger charge is -2.35. The fourth-order valence-electron chi connectivity index (χ4n) is 2.51. The molecule has 1 heterocycles. The quantitative estimate of drug-likeness (QED) is 0.657. The summed E-state index contributed by atoms with van der Waals surface area (Å²) in [5, 5.41) is 13.2. The van der Waals surface area contributed by atoms with Crippen molar-refractivity contribution in [3.63, 3.8) is 0 Å². The number of hydrogen-bond donors (Lipinski definition) is 1. The minimum atomic E-state index is -0.571. The topological polar surface area (TPSA) is 102 Å². The van der Waals surface area contributed by atoms with Crippen LogP contribution in [0.5, 0.6) is 0 Å². The second-order valence-corrected chi connectivity index (χ2v) is 5.55. The summed E-state index contributed by atoms with van der Waals surface area (Å²) in [5.41, 5.74) is -0.0180. The van der Waals surface area contributed by atoms with Crippen LogP contribution in [0.3, 0.4) is 0 Å². The van der Waals surface area contributed by atoms with Gasteiger partial charge in [0.25, 0.3) is 11.6 Å². The molecule has 23 heavy (non-hydrogen) atoms. The molecule has 1 fully saturated rings. The lowest BCUT2D eigenvalue weighted by molar-refractivity contribution is -0.384. The van der Waals surface area contributed by atoms with Gasteiger partial charge in [0.05, 0.1) is 23.7 Å². The monoisotopic (exact) mass is 321 g/mol. The van der Waals surface area contributed by atoms with Gasteiger partial charge >= 0.3 is 0 Å². The van der Waals surface area contributed by atoms with Gasteiger partial charge in [-0.3, -0.25) is 19.7 Å². The number of amides is 2. The standard InChI is InChI=1S/C15H19N3O5/c1-10-8-17(9-11(2)23-10)14(19)7-16-15(20)12-4-3-5-13(6-12)18(21)22/h3-6,10-11H,7-9H2,1-2H3,(H,16,20). The summed E-state index contributed by atoms with van der Waals surface area (Å²) in [6.07, 6.45) is -0.0923. The summed E-state index contributed by atoms with van der Waals surface area (Å²) < 4.78 is 5.55. The molecule has 1 aromatic rings. The number of carbonyl (C=O) groups is 2. The highest BCUT2D eigenvalue weighted by Gasteiger charge is 2.26. The Kier molecular flexibility index (Phi) is 5.28. The van der Waals surface area contributed by atoms with Crippen molar-refractivity contribution >= 4 is 17.5 Å². The van der Waals surface area contributed by atoms with E-state index in [1.165, 1.54) is 24.3 Å². The molecule has 1 aliphatic rings. The number of nitrogens with one attached hydrogen (secondary N) is 1. The van der Waals surface area contributed by atoms with E-state index in [0.717, 1.165) is 0 Å². The van der Waals surface area contributed by atoms with Crippen LogP contribution in [0.15, 0.2) is 24.3 Å². The number of nitro benzene ring substituents is 1. The highest BCUT2D eigenvalue weighted by atomic mass is 16.6. The molecule has 0 spiro atoms. The molecule has 1 aliphatic heterocycles. The Morgan fingerprint density at radius 3 is 2.61 bits per heavy atom. The van der Waals surface area contributed by atoms with E-state index in [-0.39, 0.29) is 35.9 Å². The molecule has 0 radical (unpaired) electrons. The van der Waals surface area contributed by atoms with Crippen molar-refractivity contribution < 1.29 is 19.2 Å². The molecule has 1 aromatic carbocycles. The molecule has 8 heteroatoms. The largest absolute Gasteiger partial charge is 0.372 e. The van der Waals surface area contributed by atoms with Gasteiger partial charge in [-0.25, -0.2) is 0 Å². The Bertz CT molecular complexity index is 609. The molecular weight excluding hydrogens is 302 g/mol. The third-order valence-electron chi connectivity index (χ3n) is 3.49. The number of carbonyl (C=O) groups excluding carboxylic acids is 2. The first-order valence-electron chi connectivity index (χ1n) is 7.32. The molecule has 2 unspecified atom stereocenters. The number of ether oxygens (including phenoxy) is 1. The molecule has 2 amide bonds. The average molecular weight is 321 g/mol. The molecule has 2 rings (SSSR count). The molecule has 2 atom stereocenters. The van der Waals surface area contributed by atoms with Crippen molar-refractivity contribution in [1.82, 2.24) is 10.2 Å². The van der Waals surface area contributed by atoms with E-state index in [2.05, 4.69) is 5.32 Å². The number of morpholine rings is 1. The molecule has 0 saturated carbocycles. The third kappa shape index (κ3) is 4.49. The van der Waals surface area contributed by atoms with Crippen LogP contribution in [0.1, 0.15) is 24.2 Å². The maximum Gasteiger partial charge on any atom is 0.270 e. The van der Waals surface area contributed by atoms with Crippen LogP contribution < -0.4 is 5.32 Å². The van der Waals surface area contributed by atoms with E-state index in [4.69, 9.17) is 4.74 Å². The van der Waals surface area contributed by atoms with Gasteiger partial charge in [0.1, 0.15) is 0 Å². The summed E-state index contributed by atoms with van der Waals surface area (Å²) in [7, 11) is 0. The van der Waals surface area contributed by atoms with Gasteiger partial charge in [0.15, 0.2) is 0 Å². The van der Waals surface area contributed by atoms with Crippen molar-refractivity contribution in [2.45, 2.75) is 26.1 Å². The van der Waals surface area contributed by atoms with Crippen molar-refractivity contribution in [2.75, 3.05) is 19.6 Å². The second-order valence-electron chi connectivity index (χ2n) is 5.55. The number of nitro groups is 1. The Labute approximate surface area is 133 Å². The van der Waals surface area contributed by atoms with Gasteiger partial charge < -0.3 is 15.0 Å². The van der Waals surface area contributed by atoms with Crippen LogP contribution >= 0.6 is 0 Å². The van der Waals surface area contributed by atoms with Gasteiger partial charge in [-0.15, -0.1) is 0 Å². The molecular formula is C15H19N3O5. The normalized spacial score (nSPS) is 20.9. The zero-order valence-corrected chi connectivity index (χ0v) is 13.0. The summed E-state index contributed by atoms with van der Waals surface area (Å²) in [5.74, 6) is -0.720. The van der Waals surface area contributed by atoms with Crippen molar-refractivity contribution in [3.05, 3.63) is 39.9 Å². The molecule has 1 saturated heterocycles. The number of non-ortho nitro benzene ring substituents is 1. The lowest BCUT2D eigenvalue weighted by atomic mass is 10.2. The Morgan fingerprint density at radius 2 is 2.00 bits per heavy atom. The van der Waals surface area contributed by atoms with Gasteiger partial charge in [0, 0.05) is 30.8 Å². The SMILES string of the molecule is CC1CN(C(=O)CNC(=O)c2cccc([N+](=O)[O-])c2)CC(C)O1. The zero-order chi connectivity index (χ0) is 17.0. The van der Waals surface area contributed by atoms with Gasteiger partial charge in [-0.2, -0.15) is 0 Å². The minimum Gasteiger partial charge on any atom is -0.372 e. The fourth-order valence-corrected chi connectivity index (χ4v) is 2.51. The third-order valence-corrected chi connectivity index (χ3v) is 3.49. The Hall–Kier alpha value is -2.48. The van der Waals surface area contributed by atoms with E-state index in [1.807, 2.05) is 13.8 Å². The van der Waals surface area contributed by atoms with E-state index in [9.17, 15) is 19.7 Å². The van der Waals surface area contributed by atoms with Gasteiger partial charge in [0.2, 0.25) is 5.91 Å². The maximum absolute atomic E-state index is 12.1. The zero-order valence-electron chi connectivity index (χ0n) is 13.0. The maximum atomic E-state index is 12.1. The number of nitrogens with zero attached hydrogens (tertiary/aromatic N) is 2. The van der Waals surface area contributed by atoms with E-state index in [0.29, 0.717) is 13.1 Å². The van der Waals surface area contributed by atoms with Crippen molar-refractivity contribution in [3.8, 4) is 0 Å². The average Bonchev–Trinajstić information content (AvgIpc) is 2.51. The summed E-state index contributed by atoms with van der Waals surface area (Å²) in [6, 6.07) is 5.38. The Balaban J connectivity index is 1.92. The first kappa shape index (κ1) is 16.9. The van der Waals surface area contributed by atoms with Gasteiger partial charge in [-0.1, -0.05) is 6.07 Å². The van der Waals surface area contributed by atoms with Crippen molar-refractivity contribution in [2.24, 2.45) is 0 Å². The summed E-state index contributed by atoms with van der Waals surface area (Å²) >= 11 is 0. The van der Waals surface area contributed by atoms with Crippen LogP contribution in [0.2, 0.25) is 0 Å². The highest BCUT2D eigenvalue weighted by Crippen LogP contribution is 2.13. The first-order valence-corrected chi connectivity index (χ1v) is 7.32. The van der Waals surface area contributed by atoms with E-state index in [1.54, 1.807) is 4.90 Å². The molecule has 0 aromatic heterocycles. The number of benzene rings is 1. The second kappa shape index (κ2) is 7.19. The van der Waals surface area contributed by atoms with Crippen LogP contribution in [0, 0.1) is 10.1 Å². The highest BCUT2D eigenvalue weighted by molar-refractivity contribution is 5.96. The molecule has 8 nitrogen and oxygen atoms in total. The molecule has 0 bridgehead atoms. The van der Waals surface area contributed by atoms with E-state index < -0.39 is 10.8 Å². The van der Waals surface area contributed by atoms with Crippen LogP contribution in [0.25, 0.3) is 0 Å². The lowest BCUT2D eigenvalue weighted by Crippen LogP contribution is -2.51. The predicted molar refractivity (Wildman–Crippen MR) is 82.0 cm³/mol. The van der Waals surface area contributed by atoms with Crippen LogP contribution in [-0.2, 0) is 9.53 Å². The smallest absolute Gasteiger partial charge is 0.270 e. The van der Waals surface area contributed by atoms with Gasteiger partial charge in [-0.05, 0) is 19.9 Å². The Morgan fingerprint density at radius 1 is 1.35 bits per heavy atom. The van der Waals surface area contributed by atoms with Crippen molar-refractivity contribution in [1.29, 1.82) is 0 Å². The molecule has 0 aliphatic carbocycles. The first-order chi connectivity index (χ1) is 10.9. The summed E-state index contributed by atoms with van der Waals surface area (Å²) in [6.45, 7) is 4.59. The van der Waals surface area contributed by atoms with Crippen LogP contribution in [-0.4, -0.2) is 53.5 Å². The minimum absolute atomic E-state index is 0.0461. The van der Waals surface area contributed by atoms with E-state index >= 15 is 0 Å². The number of hydrogen-bond acceptors (Lipinski definition) is 5. The van der Waals surface area contributed by atoms with Crippen LogP contribution in [0.4, 0.5) is 5.69 Å². The summed E-state index contributed by atoms with van der Waals surface area (Å²) in [4.78, 5) is 35.9. The molecule has 1 N–H and O–H groups in total. The predicted octanol–water partition coefficient (Wildman–Crippen LogP) is 0.960. The fraction of sp³-hybridized carbons (Fsp3) is 0.467. The number of rotatable bonds is 4.